The molecule has 1 N–H and O–H groups in total. The number of hydrogen-bond acceptors (Lipinski definition) is 4. The molecule has 152 valence electrons. The number of carbonyl (C=O) groups excluding carboxylic acids is 1. The van der Waals surface area contributed by atoms with Crippen LogP contribution in [0.3, 0.4) is 0 Å². The Morgan fingerprint density at radius 3 is 2.67 bits per heavy atom. The summed E-state index contributed by atoms with van der Waals surface area (Å²) < 4.78 is 7.93. The number of rotatable bonds is 4. The molecule has 5 nitrogen and oxygen atoms in total. The third-order valence-electron chi connectivity index (χ3n) is 5.94. The molecular formula is C25H25N3O2. The Balaban J connectivity index is 1.77. The Morgan fingerprint density at radius 1 is 1.10 bits per heavy atom. The van der Waals surface area contributed by atoms with Gasteiger partial charge in [0.25, 0.3) is 0 Å². The highest BCUT2D eigenvalue weighted by molar-refractivity contribution is 6.01. The van der Waals surface area contributed by atoms with E-state index >= 15 is 0 Å². The van der Waals surface area contributed by atoms with Crippen molar-refractivity contribution >= 4 is 11.6 Å². The predicted octanol–water partition coefficient (Wildman–Crippen LogP) is 5.14. The van der Waals surface area contributed by atoms with E-state index in [0.29, 0.717) is 13.0 Å². The topological polar surface area (TPSA) is 56.1 Å². The van der Waals surface area contributed by atoms with Crippen molar-refractivity contribution in [3.63, 3.8) is 0 Å². The van der Waals surface area contributed by atoms with Gasteiger partial charge in [-0.05, 0) is 44.9 Å². The third-order valence-corrected chi connectivity index (χ3v) is 5.94. The number of anilines is 1. The van der Waals surface area contributed by atoms with Gasteiger partial charge in [0.15, 0.2) is 5.78 Å². The second-order valence-electron chi connectivity index (χ2n) is 7.79. The van der Waals surface area contributed by atoms with Gasteiger partial charge in [-0.1, -0.05) is 36.4 Å². The van der Waals surface area contributed by atoms with Crippen molar-refractivity contribution in [2.24, 2.45) is 0 Å². The Morgan fingerprint density at radius 2 is 1.87 bits per heavy atom. The van der Waals surface area contributed by atoms with Gasteiger partial charge in [0.2, 0.25) is 0 Å². The fourth-order valence-electron chi connectivity index (χ4n) is 4.69. The van der Waals surface area contributed by atoms with Gasteiger partial charge >= 0.3 is 0 Å². The van der Waals surface area contributed by atoms with Crippen molar-refractivity contribution in [3.05, 3.63) is 82.7 Å². The fourth-order valence-corrected chi connectivity index (χ4v) is 4.69. The highest BCUT2D eigenvalue weighted by Gasteiger charge is 2.39. The molecule has 0 amide bonds. The van der Waals surface area contributed by atoms with Crippen LogP contribution in [0.4, 0.5) is 5.82 Å². The summed E-state index contributed by atoms with van der Waals surface area (Å²) in [5.74, 6) is 1.82. The Bertz CT molecular complexity index is 1140. The van der Waals surface area contributed by atoms with E-state index in [2.05, 4.69) is 11.4 Å². The lowest BCUT2D eigenvalue weighted by Gasteiger charge is -2.33. The van der Waals surface area contributed by atoms with Crippen LogP contribution in [-0.2, 0) is 4.79 Å². The van der Waals surface area contributed by atoms with E-state index in [1.54, 1.807) is 0 Å². The highest BCUT2D eigenvalue weighted by atomic mass is 16.5. The largest absolute Gasteiger partial charge is 0.494 e. The molecule has 0 saturated heterocycles. The number of allylic oxidation sites excluding steroid dienone is 2. The number of fused-ring (bicyclic) bond motifs is 1. The first-order valence-electron chi connectivity index (χ1n) is 10.6. The molecule has 30 heavy (non-hydrogen) atoms. The lowest BCUT2D eigenvalue weighted by molar-refractivity contribution is -0.116. The zero-order chi connectivity index (χ0) is 20.7. The van der Waals surface area contributed by atoms with Crippen molar-refractivity contribution in [2.45, 2.75) is 39.0 Å². The minimum atomic E-state index is -0.177. The summed E-state index contributed by atoms with van der Waals surface area (Å²) in [6, 6.07) is 18.2. The lowest BCUT2D eigenvalue weighted by atomic mass is 9.76. The van der Waals surface area contributed by atoms with Crippen LogP contribution in [0.25, 0.3) is 5.69 Å². The van der Waals surface area contributed by atoms with Crippen LogP contribution in [0.2, 0.25) is 0 Å². The maximum absolute atomic E-state index is 13.1. The molecule has 2 aliphatic rings. The summed E-state index contributed by atoms with van der Waals surface area (Å²) in [6.07, 6.45) is 2.33. The normalized spacial score (nSPS) is 17.9. The molecular weight excluding hydrogens is 374 g/mol. The first-order valence-corrected chi connectivity index (χ1v) is 10.6. The van der Waals surface area contributed by atoms with Crippen LogP contribution in [0.15, 0.2) is 65.9 Å². The summed E-state index contributed by atoms with van der Waals surface area (Å²) in [7, 11) is 0. The van der Waals surface area contributed by atoms with E-state index in [9.17, 15) is 4.79 Å². The summed E-state index contributed by atoms with van der Waals surface area (Å²) in [5, 5.41) is 8.46. The molecule has 2 heterocycles. The molecule has 1 aromatic heterocycles. The summed E-state index contributed by atoms with van der Waals surface area (Å²) in [6.45, 7) is 4.59. The average Bonchev–Trinajstić information content (AvgIpc) is 3.10. The van der Waals surface area contributed by atoms with Crippen LogP contribution in [0.5, 0.6) is 5.75 Å². The zero-order valence-electron chi connectivity index (χ0n) is 17.3. The number of nitrogens with one attached hydrogen (secondary N) is 1. The first-order chi connectivity index (χ1) is 14.7. The summed E-state index contributed by atoms with van der Waals surface area (Å²) in [4.78, 5) is 13.1. The maximum Gasteiger partial charge on any atom is 0.161 e. The molecule has 5 rings (SSSR count). The number of aryl methyl sites for hydroxylation is 1. The minimum absolute atomic E-state index is 0.177. The van der Waals surface area contributed by atoms with Gasteiger partial charge in [-0.25, -0.2) is 4.68 Å². The predicted molar refractivity (Wildman–Crippen MR) is 117 cm³/mol. The van der Waals surface area contributed by atoms with Gasteiger partial charge in [-0.3, -0.25) is 4.79 Å². The van der Waals surface area contributed by atoms with Crippen LogP contribution in [-0.4, -0.2) is 22.2 Å². The third kappa shape index (κ3) is 2.93. The van der Waals surface area contributed by atoms with Crippen LogP contribution in [0, 0.1) is 6.92 Å². The lowest BCUT2D eigenvalue weighted by Crippen LogP contribution is -2.27. The van der Waals surface area contributed by atoms with Gasteiger partial charge in [-0.2, -0.15) is 5.10 Å². The van der Waals surface area contributed by atoms with Crippen LogP contribution in [0.1, 0.15) is 48.9 Å². The Kier molecular flexibility index (Phi) is 4.66. The standard InChI is InChI=1S/C25H25N3O2/c1-3-30-21-15-8-7-12-18(21)23-22-16(2)27-28(17-10-5-4-6-11-17)25(22)26-19-13-9-14-20(29)24(19)23/h4-8,10-12,15,23,26H,3,9,13-14H2,1-2H3/t23-/m1/s1. The van der Waals surface area contributed by atoms with E-state index in [4.69, 9.17) is 9.84 Å². The Labute approximate surface area is 176 Å². The van der Waals surface area contributed by atoms with Crippen molar-refractivity contribution in [1.82, 2.24) is 9.78 Å². The molecule has 0 fully saturated rings. The smallest absolute Gasteiger partial charge is 0.161 e. The van der Waals surface area contributed by atoms with E-state index in [1.807, 2.05) is 67.1 Å². The van der Waals surface area contributed by atoms with Gasteiger partial charge in [0.1, 0.15) is 11.6 Å². The maximum atomic E-state index is 13.1. The van der Waals surface area contributed by atoms with E-state index in [-0.39, 0.29) is 11.7 Å². The SMILES string of the molecule is CCOc1ccccc1[C@H]1C2=C(CCCC2=O)Nc2c1c(C)nn2-c1ccccc1. The second kappa shape index (κ2) is 7.48. The molecule has 0 saturated carbocycles. The number of ether oxygens (including phenoxy) is 1. The van der Waals surface area contributed by atoms with E-state index in [0.717, 1.165) is 58.2 Å². The molecule has 0 spiro atoms. The van der Waals surface area contributed by atoms with Crippen molar-refractivity contribution < 1.29 is 9.53 Å². The van der Waals surface area contributed by atoms with Crippen molar-refractivity contribution in [3.8, 4) is 11.4 Å². The van der Waals surface area contributed by atoms with Crippen LogP contribution < -0.4 is 10.1 Å². The quantitative estimate of drug-likeness (QED) is 0.660. The molecule has 0 unspecified atom stereocenters. The molecule has 0 radical (unpaired) electrons. The highest BCUT2D eigenvalue weighted by Crippen LogP contribution is 2.49. The van der Waals surface area contributed by atoms with Gasteiger partial charge < -0.3 is 10.1 Å². The fraction of sp³-hybridized carbons (Fsp3) is 0.280. The number of hydrogen-bond donors (Lipinski definition) is 1. The molecule has 1 aliphatic heterocycles. The molecule has 0 bridgehead atoms. The molecule has 5 heteroatoms. The van der Waals surface area contributed by atoms with Gasteiger partial charge in [0.05, 0.1) is 18.0 Å². The number of aromatic nitrogens is 2. The van der Waals surface area contributed by atoms with Crippen molar-refractivity contribution in [2.75, 3.05) is 11.9 Å². The average molecular weight is 399 g/mol. The molecule has 2 aromatic carbocycles. The minimum Gasteiger partial charge on any atom is -0.494 e. The van der Waals surface area contributed by atoms with Gasteiger partial charge in [0, 0.05) is 34.7 Å². The number of Topliss-reactive ketones (excluding diaryl/α,β-unsaturated/α-hetero) is 1. The monoisotopic (exact) mass is 399 g/mol. The summed E-state index contributed by atoms with van der Waals surface area (Å²) in [5.41, 5.74) is 5.89. The summed E-state index contributed by atoms with van der Waals surface area (Å²) >= 11 is 0. The Hall–Kier alpha value is -3.34. The molecule has 1 atom stereocenters. The van der Waals surface area contributed by atoms with Crippen molar-refractivity contribution in [1.29, 1.82) is 0 Å². The number of para-hydroxylation sites is 2. The van der Waals surface area contributed by atoms with Crippen LogP contribution >= 0.6 is 0 Å². The first kappa shape index (κ1) is 18.7. The van der Waals surface area contributed by atoms with Gasteiger partial charge in [-0.15, -0.1) is 0 Å². The van der Waals surface area contributed by atoms with E-state index in [1.165, 1.54) is 0 Å². The zero-order valence-corrected chi connectivity index (χ0v) is 17.3. The number of benzene rings is 2. The molecule has 3 aromatic rings. The number of ketones is 1. The second-order valence-corrected chi connectivity index (χ2v) is 7.79. The molecule has 1 aliphatic carbocycles. The number of nitrogens with zero attached hydrogens (tertiary/aromatic N) is 2. The van der Waals surface area contributed by atoms with E-state index < -0.39 is 0 Å². The number of carbonyl (C=O) groups is 1.